The van der Waals surface area contributed by atoms with Crippen LogP contribution >= 0.6 is 0 Å². The summed E-state index contributed by atoms with van der Waals surface area (Å²) in [6, 6.07) is 6.01. The number of hydrogen-bond donors (Lipinski definition) is 2. The molecule has 0 aliphatic heterocycles. The van der Waals surface area contributed by atoms with Crippen molar-refractivity contribution >= 4 is 23.3 Å². The largest absolute Gasteiger partial charge is 0.507 e. The second-order valence-corrected chi connectivity index (χ2v) is 8.04. The number of esters is 1. The highest BCUT2D eigenvalue weighted by Gasteiger charge is 2.29. The van der Waals surface area contributed by atoms with Crippen LogP contribution in [0.1, 0.15) is 46.8 Å². The Bertz CT molecular complexity index is 1130. The van der Waals surface area contributed by atoms with E-state index >= 15 is 0 Å². The van der Waals surface area contributed by atoms with E-state index in [1.54, 1.807) is 26.0 Å². The number of ketones is 1. The van der Waals surface area contributed by atoms with Crippen LogP contribution in [0.5, 0.6) is 17.2 Å². The topological polar surface area (TPSA) is 111 Å². The number of ether oxygens (including phenoxy) is 3. The normalized spacial score (nSPS) is 11.1. The number of carbonyl (C=O) groups excluding carboxylic acids is 3. The van der Waals surface area contributed by atoms with Gasteiger partial charge in [0.25, 0.3) is 0 Å². The van der Waals surface area contributed by atoms with E-state index in [0.717, 1.165) is 12.7 Å². The van der Waals surface area contributed by atoms with E-state index < -0.39 is 42.4 Å². The predicted molar refractivity (Wildman–Crippen MR) is 125 cm³/mol. The van der Waals surface area contributed by atoms with Crippen molar-refractivity contribution < 1.29 is 46.9 Å². The van der Waals surface area contributed by atoms with Crippen molar-refractivity contribution in [1.29, 1.82) is 0 Å². The highest BCUT2D eigenvalue weighted by atomic mass is 19.4. The van der Waals surface area contributed by atoms with Gasteiger partial charge in [0.05, 0.1) is 25.9 Å². The molecule has 0 saturated carbocycles. The number of aromatic hydroxyl groups is 1. The molecule has 0 radical (unpaired) electrons. The Hall–Kier alpha value is -3.76. The van der Waals surface area contributed by atoms with Crippen LogP contribution < -0.4 is 14.8 Å². The molecule has 0 aliphatic carbocycles. The minimum absolute atomic E-state index is 0.0566. The molecule has 36 heavy (non-hydrogen) atoms. The van der Waals surface area contributed by atoms with Gasteiger partial charge in [-0.05, 0) is 50.5 Å². The van der Waals surface area contributed by atoms with Crippen LogP contribution in [0, 0.1) is 13.8 Å². The average Bonchev–Trinajstić information content (AvgIpc) is 2.79. The number of nitrogens with one attached hydrogen (secondary N) is 1. The number of alkyl halides is 3. The first-order chi connectivity index (χ1) is 16.8. The Balaban J connectivity index is 2.03. The number of halogens is 3. The molecule has 0 heterocycles. The molecular formula is C25H28F3NO7. The molecule has 0 aromatic heterocycles. The van der Waals surface area contributed by atoms with Gasteiger partial charge in [0.1, 0.15) is 17.2 Å². The first-order valence-electron chi connectivity index (χ1n) is 11.0. The lowest BCUT2D eigenvalue weighted by Gasteiger charge is -2.16. The number of rotatable bonds is 10. The third-order valence-corrected chi connectivity index (χ3v) is 5.22. The SMILES string of the molecule is COC(=O)C(=O)Nc1cc(OCCCOc2ccc(C(C)=O)c(O)c2CCC(F)(F)F)c(C)cc1C. The van der Waals surface area contributed by atoms with Gasteiger partial charge in [-0.1, -0.05) is 6.07 Å². The number of hydrogen-bond acceptors (Lipinski definition) is 7. The average molecular weight is 511 g/mol. The molecule has 2 aromatic carbocycles. The Morgan fingerprint density at radius 1 is 1.00 bits per heavy atom. The van der Waals surface area contributed by atoms with Gasteiger partial charge in [0, 0.05) is 30.2 Å². The molecule has 8 nitrogen and oxygen atoms in total. The second-order valence-electron chi connectivity index (χ2n) is 8.04. The summed E-state index contributed by atoms with van der Waals surface area (Å²) in [6.45, 7) is 5.00. The van der Waals surface area contributed by atoms with Crippen LogP contribution in [0.25, 0.3) is 0 Å². The lowest BCUT2D eigenvalue weighted by atomic mass is 10.0. The third kappa shape index (κ3) is 7.89. The summed E-state index contributed by atoms with van der Waals surface area (Å²) in [6.07, 6.45) is -5.82. The molecule has 2 N–H and O–H groups in total. The summed E-state index contributed by atoms with van der Waals surface area (Å²) in [5, 5.41) is 12.8. The summed E-state index contributed by atoms with van der Waals surface area (Å²) >= 11 is 0. The summed E-state index contributed by atoms with van der Waals surface area (Å²) < 4.78 is 53.9. The Kier molecular flexibility index (Phi) is 9.71. The minimum Gasteiger partial charge on any atom is -0.507 e. The number of phenols is 1. The molecule has 11 heteroatoms. The smallest absolute Gasteiger partial charge is 0.396 e. The van der Waals surface area contributed by atoms with E-state index in [2.05, 4.69) is 10.1 Å². The molecule has 0 aliphatic rings. The second kappa shape index (κ2) is 12.3. The summed E-state index contributed by atoms with van der Waals surface area (Å²) in [5.74, 6) is -2.44. The Morgan fingerprint density at radius 3 is 2.22 bits per heavy atom. The van der Waals surface area contributed by atoms with Gasteiger partial charge in [-0.3, -0.25) is 9.59 Å². The van der Waals surface area contributed by atoms with Gasteiger partial charge in [-0.15, -0.1) is 0 Å². The van der Waals surface area contributed by atoms with E-state index in [4.69, 9.17) is 9.47 Å². The monoisotopic (exact) mass is 511 g/mol. The fourth-order valence-corrected chi connectivity index (χ4v) is 3.36. The van der Waals surface area contributed by atoms with Gasteiger partial charge in [-0.2, -0.15) is 13.2 Å². The molecule has 0 atom stereocenters. The lowest BCUT2D eigenvalue weighted by Crippen LogP contribution is -2.24. The van der Waals surface area contributed by atoms with Crippen molar-refractivity contribution in [2.45, 2.75) is 46.2 Å². The zero-order chi connectivity index (χ0) is 27.0. The van der Waals surface area contributed by atoms with Crippen LogP contribution in [-0.2, 0) is 20.7 Å². The first kappa shape index (κ1) is 28.5. The van der Waals surface area contributed by atoms with Crippen LogP contribution in [0.2, 0.25) is 0 Å². The number of anilines is 1. The molecule has 0 unspecified atom stereocenters. The quantitative estimate of drug-likeness (QED) is 0.206. The molecular weight excluding hydrogens is 483 g/mol. The van der Waals surface area contributed by atoms with Crippen LogP contribution in [0.15, 0.2) is 24.3 Å². The van der Waals surface area contributed by atoms with Gasteiger partial charge >= 0.3 is 18.1 Å². The molecule has 2 aromatic rings. The number of amides is 1. The van der Waals surface area contributed by atoms with Crippen molar-refractivity contribution in [2.75, 3.05) is 25.6 Å². The van der Waals surface area contributed by atoms with Gasteiger partial charge in [0.2, 0.25) is 0 Å². The maximum atomic E-state index is 12.7. The third-order valence-electron chi connectivity index (χ3n) is 5.22. The summed E-state index contributed by atoms with van der Waals surface area (Å²) in [4.78, 5) is 34.8. The molecule has 0 saturated heterocycles. The number of aryl methyl sites for hydroxylation is 2. The molecule has 0 bridgehead atoms. The molecule has 0 fully saturated rings. The van der Waals surface area contributed by atoms with Crippen LogP contribution in [0.3, 0.4) is 0 Å². The maximum absolute atomic E-state index is 12.7. The van der Waals surface area contributed by atoms with Crippen molar-refractivity contribution in [2.24, 2.45) is 0 Å². The maximum Gasteiger partial charge on any atom is 0.396 e. The van der Waals surface area contributed by atoms with E-state index in [1.165, 1.54) is 19.1 Å². The van der Waals surface area contributed by atoms with Crippen LogP contribution in [-0.4, -0.2) is 49.3 Å². The zero-order valence-electron chi connectivity index (χ0n) is 20.4. The molecule has 0 spiro atoms. The number of Topliss-reactive ketones (excluding diaryl/α,β-unsaturated/α-hetero) is 1. The van der Waals surface area contributed by atoms with Crippen molar-refractivity contribution in [3.63, 3.8) is 0 Å². The number of carbonyl (C=O) groups is 3. The summed E-state index contributed by atoms with van der Waals surface area (Å²) in [7, 11) is 1.10. The fraction of sp³-hybridized carbons (Fsp3) is 0.400. The van der Waals surface area contributed by atoms with E-state index in [1.807, 2.05) is 0 Å². The molecule has 2 rings (SSSR count). The fourth-order valence-electron chi connectivity index (χ4n) is 3.36. The van der Waals surface area contributed by atoms with E-state index in [9.17, 15) is 32.7 Å². The van der Waals surface area contributed by atoms with Crippen molar-refractivity contribution in [1.82, 2.24) is 0 Å². The van der Waals surface area contributed by atoms with Gasteiger partial charge in [-0.25, -0.2) is 4.79 Å². The van der Waals surface area contributed by atoms with E-state index in [-0.39, 0.29) is 30.1 Å². The first-order valence-corrected chi connectivity index (χ1v) is 11.0. The van der Waals surface area contributed by atoms with E-state index in [0.29, 0.717) is 23.4 Å². The molecule has 196 valence electrons. The van der Waals surface area contributed by atoms with Crippen molar-refractivity contribution in [3.05, 3.63) is 46.5 Å². The number of benzene rings is 2. The zero-order valence-corrected chi connectivity index (χ0v) is 20.4. The van der Waals surface area contributed by atoms with Gasteiger partial charge < -0.3 is 24.6 Å². The van der Waals surface area contributed by atoms with Crippen LogP contribution in [0.4, 0.5) is 18.9 Å². The van der Waals surface area contributed by atoms with Crippen molar-refractivity contribution in [3.8, 4) is 17.2 Å². The summed E-state index contributed by atoms with van der Waals surface area (Å²) in [5.41, 5.74) is 1.70. The number of phenolic OH excluding ortho intramolecular Hbond substituents is 1. The molecule has 1 amide bonds. The standard InChI is InChI=1S/C25H28F3NO7/c1-14-12-15(2)21(13-19(14)29-23(32)24(33)34-4)36-11-5-10-35-20-7-6-17(16(3)30)22(31)18(20)8-9-25(26,27)28/h6-7,12-13,31H,5,8-11H2,1-4H3,(H,29,32). The highest BCUT2D eigenvalue weighted by molar-refractivity contribution is 6.37. The van der Waals surface area contributed by atoms with Gasteiger partial charge in [0.15, 0.2) is 5.78 Å². The highest BCUT2D eigenvalue weighted by Crippen LogP contribution is 2.35. The lowest BCUT2D eigenvalue weighted by molar-refractivity contribution is -0.150. The predicted octanol–water partition coefficient (Wildman–Crippen LogP) is 4.67. The Labute approximate surface area is 206 Å². The minimum atomic E-state index is -4.44. The Morgan fingerprint density at radius 2 is 1.64 bits per heavy atom. The number of methoxy groups -OCH3 is 1.